The second kappa shape index (κ2) is 9.40. The summed E-state index contributed by atoms with van der Waals surface area (Å²) < 4.78 is 20.7. The lowest BCUT2D eigenvalue weighted by atomic mass is 9.94. The van der Waals surface area contributed by atoms with Gasteiger partial charge in [0, 0.05) is 32.1 Å². The number of morpholine rings is 1. The molecule has 0 saturated carbocycles. The summed E-state index contributed by atoms with van der Waals surface area (Å²) in [6.07, 6.45) is 3.65. The Morgan fingerprint density at radius 1 is 1.06 bits per heavy atom. The number of hydrogen-bond acceptors (Lipinski definition) is 4. The van der Waals surface area contributed by atoms with E-state index in [0.29, 0.717) is 51.0 Å². The highest BCUT2D eigenvalue weighted by atomic mass is 19.1. The first-order chi connectivity index (χ1) is 15.4. The van der Waals surface area contributed by atoms with E-state index in [1.165, 1.54) is 12.1 Å². The van der Waals surface area contributed by atoms with Gasteiger partial charge < -0.3 is 14.5 Å². The monoisotopic (exact) mass is 442 g/mol. The highest BCUT2D eigenvalue weighted by Gasteiger charge is 2.34. The maximum atomic E-state index is 13.3. The number of benzene rings is 1. The molecule has 172 valence electrons. The van der Waals surface area contributed by atoms with Crippen LogP contribution < -0.4 is 0 Å². The van der Waals surface area contributed by atoms with Crippen molar-refractivity contribution in [2.75, 3.05) is 26.2 Å². The van der Waals surface area contributed by atoms with Gasteiger partial charge >= 0.3 is 0 Å². The zero-order valence-corrected chi connectivity index (χ0v) is 19.0. The van der Waals surface area contributed by atoms with E-state index in [9.17, 15) is 14.0 Å². The molecule has 0 aliphatic carbocycles. The van der Waals surface area contributed by atoms with E-state index in [0.717, 1.165) is 11.4 Å². The van der Waals surface area contributed by atoms with Crippen LogP contribution in [0.2, 0.25) is 0 Å². The largest absolute Gasteiger partial charge is 0.372 e. The molecule has 1 aromatic carbocycles. The van der Waals surface area contributed by atoms with Crippen LogP contribution in [-0.4, -0.2) is 69.8 Å². The van der Waals surface area contributed by atoms with E-state index in [-0.39, 0.29) is 35.8 Å². The fourth-order valence-electron chi connectivity index (χ4n) is 4.81. The maximum Gasteiger partial charge on any atom is 0.257 e. The Balaban J connectivity index is 1.41. The first kappa shape index (κ1) is 22.5. The third-order valence-electron chi connectivity index (χ3n) is 6.37. The van der Waals surface area contributed by atoms with Gasteiger partial charge in [0.25, 0.3) is 5.91 Å². The molecule has 2 aliphatic heterocycles. The van der Waals surface area contributed by atoms with E-state index in [1.807, 2.05) is 30.6 Å². The molecule has 0 radical (unpaired) electrons. The molecule has 2 aliphatic rings. The zero-order chi connectivity index (χ0) is 22.8. The number of nitrogens with zero attached hydrogens (tertiary/aromatic N) is 4. The Kier molecular flexibility index (Phi) is 6.60. The molecular weight excluding hydrogens is 411 g/mol. The standard InChI is InChI=1S/C24H31FN4O3/c1-4-22-21(13-26-29(22)20-7-5-19(25)6-8-20)24(31)27-11-9-18(10-12-27)23(30)28-14-16(2)32-17(3)15-28/h5-8,13,16-18H,4,9-12,14-15H2,1-3H3. The molecule has 32 heavy (non-hydrogen) atoms. The first-order valence-corrected chi connectivity index (χ1v) is 11.4. The summed E-state index contributed by atoms with van der Waals surface area (Å²) in [5.41, 5.74) is 2.09. The molecule has 2 aromatic rings. The molecule has 3 heterocycles. The fraction of sp³-hybridized carbons (Fsp3) is 0.542. The van der Waals surface area contributed by atoms with Crippen LogP contribution in [0.15, 0.2) is 30.5 Å². The first-order valence-electron chi connectivity index (χ1n) is 11.4. The van der Waals surface area contributed by atoms with Crippen LogP contribution in [0.5, 0.6) is 0 Å². The zero-order valence-electron chi connectivity index (χ0n) is 19.0. The van der Waals surface area contributed by atoms with Gasteiger partial charge in [0.05, 0.1) is 35.3 Å². The lowest BCUT2D eigenvalue weighted by molar-refractivity contribution is -0.148. The van der Waals surface area contributed by atoms with Crippen molar-refractivity contribution in [3.63, 3.8) is 0 Å². The van der Waals surface area contributed by atoms with E-state index in [1.54, 1.807) is 23.0 Å². The normalized spacial score (nSPS) is 22.2. The van der Waals surface area contributed by atoms with Crippen molar-refractivity contribution < 1.29 is 18.7 Å². The van der Waals surface area contributed by atoms with Crippen molar-refractivity contribution in [2.24, 2.45) is 5.92 Å². The minimum absolute atomic E-state index is 0.0504. The van der Waals surface area contributed by atoms with E-state index >= 15 is 0 Å². The molecule has 2 amide bonds. The second-order valence-corrected chi connectivity index (χ2v) is 8.81. The summed E-state index contributed by atoms with van der Waals surface area (Å²) in [4.78, 5) is 30.0. The summed E-state index contributed by atoms with van der Waals surface area (Å²) >= 11 is 0. The molecule has 4 rings (SSSR count). The Labute approximate surface area is 188 Å². The summed E-state index contributed by atoms with van der Waals surface area (Å²) in [6, 6.07) is 6.08. The van der Waals surface area contributed by atoms with Gasteiger partial charge in [0.15, 0.2) is 0 Å². The van der Waals surface area contributed by atoms with Crippen LogP contribution in [0.4, 0.5) is 4.39 Å². The number of piperidine rings is 1. The van der Waals surface area contributed by atoms with E-state index in [2.05, 4.69) is 5.10 Å². The minimum Gasteiger partial charge on any atom is -0.372 e. The molecule has 8 heteroatoms. The van der Waals surface area contributed by atoms with Crippen LogP contribution in [0.1, 0.15) is 49.7 Å². The van der Waals surface area contributed by atoms with Crippen molar-refractivity contribution in [1.29, 1.82) is 0 Å². The van der Waals surface area contributed by atoms with Gasteiger partial charge in [0.2, 0.25) is 5.91 Å². The van der Waals surface area contributed by atoms with E-state index in [4.69, 9.17) is 4.74 Å². The molecule has 0 bridgehead atoms. The van der Waals surface area contributed by atoms with Crippen LogP contribution in [0.3, 0.4) is 0 Å². The number of rotatable bonds is 4. The third kappa shape index (κ3) is 4.55. The predicted molar refractivity (Wildman–Crippen MR) is 118 cm³/mol. The van der Waals surface area contributed by atoms with Gasteiger partial charge in [-0.1, -0.05) is 6.92 Å². The quantitative estimate of drug-likeness (QED) is 0.730. The Morgan fingerprint density at radius 3 is 2.28 bits per heavy atom. The van der Waals surface area contributed by atoms with Gasteiger partial charge in [-0.05, 0) is 57.4 Å². The lowest BCUT2D eigenvalue weighted by Crippen LogP contribution is -2.51. The SMILES string of the molecule is CCc1c(C(=O)N2CCC(C(=O)N3CC(C)OC(C)C3)CC2)cnn1-c1ccc(F)cc1. The van der Waals surface area contributed by atoms with Gasteiger partial charge in [-0.15, -0.1) is 0 Å². The lowest BCUT2D eigenvalue weighted by Gasteiger charge is -2.39. The van der Waals surface area contributed by atoms with Gasteiger partial charge in [-0.25, -0.2) is 9.07 Å². The Bertz CT molecular complexity index is 956. The molecule has 2 fully saturated rings. The maximum absolute atomic E-state index is 13.3. The molecule has 2 saturated heterocycles. The average molecular weight is 443 g/mol. The average Bonchev–Trinajstić information content (AvgIpc) is 3.22. The third-order valence-corrected chi connectivity index (χ3v) is 6.37. The molecule has 2 atom stereocenters. The van der Waals surface area contributed by atoms with Crippen molar-refractivity contribution in [2.45, 2.75) is 52.2 Å². The van der Waals surface area contributed by atoms with Crippen molar-refractivity contribution in [3.05, 3.63) is 47.5 Å². The Hall–Kier alpha value is -2.74. The second-order valence-electron chi connectivity index (χ2n) is 8.81. The van der Waals surface area contributed by atoms with Crippen LogP contribution in [0.25, 0.3) is 5.69 Å². The molecule has 0 N–H and O–H groups in total. The highest BCUT2D eigenvalue weighted by Crippen LogP contribution is 2.25. The number of ether oxygens (including phenoxy) is 1. The van der Waals surface area contributed by atoms with Gasteiger partial charge in [-0.2, -0.15) is 5.10 Å². The van der Waals surface area contributed by atoms with Crippen molar-refractivity contribution >= 4 is 11.8 Å². The Morgan fingerprint density at radius 2 is 1.69 bits per heavy atom. The number of halogens is 1. The van der Waals surface area contributed by atoms with Crippen LogP contribution >= 0.6 is 0 Å². The fourth-order valence-corrected chi connectivity index (χ4v) is 4.81. The van der Waals surface area contributed by atoms with Gasteiger partial charge in [0.1, 0.15) is 5.82 Å². The number of carbonyl (C=O) groups excluding carboxylic acids is 2. The number of aromatic nitrogens is 2. The number of carbonyl (C=O) groups is 2. The number of likely N-dealkylation sites (tertiary alicyclic amines) is 1. The summed E-state index contributed by atoms with van der Waals surface area (Å²) in [5.74, 6) is -0.245. The topological polar surface area (TPSA) is 67.7 Å². The van der Waals surface area contributed by atoms with Crippen LogP contribution in [-0.2, 0) is 16.0 Å². The summed E-state index contributed by atoms with van der Waals surface area (Å²) in [5, 5.41) is 4.40. The molecular formula is C24H31FN4O3. The molecule has 2 unspecified atom stereocenters. The number of hydrogen-bond donors (Lipinski definition) is 0. The summed E-state index contributed by atoms with van der Waals surface area (Å²) in [7, 11) is 0. The van der Waals surface area contributed by atoms with Crippen molar-refractivity contribution in [1.82, 2.24) is 19.6 Å². The van der Waals surface area contributed by atoms with Crippen LogP contribution in [0, 0.1) is 11.7 Å². The molecule has 1 aromatic heterocycles. The highest BCUT2D eigenvalue weighted by molar-refractivity contribution is 5.95. The molecule has 7 nitrogen and oxygen atoms in total. The van der Waals surface area contributed by atoms with Crippen molar-refractivity contribution in [3.8, 4) is 5.69 Å². The van der Waals surface area contributed by atoms with E-state index < -0.39 is 0 Å². The van der Waals surface area contributed by atoms with Gasteiger partial charge in [-0.3, -0.25) is 9.59 Å². The predicted octanol–water partition coefficient (Wildman–Crippen LogP) is 3.06. The smallest absolute Gasteiger partial charge is 0.257 e. The molecule has 0 spiro atoms. The summed E-state index contributed by atoms with van der Waals surface area (Å²) in [6.45, 7) is 8.33. The number of amides is 2. The minimum atomic E-state index is -0.311.